The van der Waals surface area contributed by atoms with Crippen LogP contribution in [0.15, 0.2) is 11.8 Å². The topological polar surface area (TPSA) is 29.5 Å². The summed E-state index contributed by atoms with van der Waals surface area (Å²) < 4.78 is 5.68. The Labute approximate surface area is 146 Å². The van der Waals surface area contributed by atoms with Crippen molar-refractivity contribution >= 4 is 6.09 Å². The van der Waals surface area contributed by atoms with E-state index in [-0.39, 0.29) is 6.09 Å². The van der Waals surface area contributed by atoms with Gasteiger partial charge in [-0.25, -0.2) is 4.79 Å². The van der Waals surface area contributed by atoms with E-state index in [0.29, 0.717) is 5.92 Å². The molecule has 0 aromatic carbocycles. The zero-order valence-electron chi connectivity index (χ0n) is 15.6. The minimum Gasteiger partial charge on any atom is -0.443 e. The van der Waals surface area contributed by atoms with Crippen LogP contribution >= 0.6 is 0 Å². The largest absolute Gasteiger partial charge is 0.443 e. The number of hydrogen-bond donors (Lipinski definition) is 0. The zero-order chi connectivity index (χ0) is 16.9. The van der Waals surface area contributed by atoms with Crippen molar-refractivity contribution in [2.45, 2.75) is 77.7 Å². The van der Waals surface area contributed by atoms with Crippen molar-refractivity contribution in [2.75, 3.05) is 6.54 Å². The van der Waals surface area contributed by atoms with E-state index in [1.54, 1.807) is 0 Å². The molecule has 24 heavy (non-hydrogen) atoms. The summed E-state index contributed by atoms with van der Waals surface area (Å²) in [4.78, 5) is 14.6. The highest BCUT2D eigenvalue weighted by Crippen LogP contribution is 2.55. The van der Waals surface area contributed by atoms with E-state index in [1.165, 1.54) is 50.6 Å². The van der Waals surface area contributed by atoms with Crippen LogP contribution in [0.1, 0.15) is 72.1 Å². The lowest BCUT2D eigenvalue weighted by atomic mass is 9.59. The van der Waals surface area contributed by atoms with Gasteiger partial charge < -0.3 is 4.74 Å². The first-order valence-corrected chi connectivity index (χ1v) is 10.1. The van der Waals surface area contributed by atoms with Gasteiger partial charge in [-0.15, -0.1) is 0 Å². The van der Waals surface area contributed by atoms with Crippen molar-refractivity contribution in [3.63, 3.8) is 0 Å². The van der Waals surface area contributed by atoms with Crippen molar-refractivity contribution in [1.82, 2.24) is 4.90 Å². The van der Waals surface area contributed by atoms with Gasteiger partial charge in [0, 0.05) is 18.2 Å². The van der Waals surface area contributed by atoms with Gasteiger partial charge in [0.2, 0.25) is 0 Å². The van der Waals surface area contributed by atoms with Crippen LogP contribution in [-0.2, 0) is 4.74 Å². The van der Waals surface area contributed by atoms with Crippen molar-refractivity contribution in [3.8, 4) is 0 Å². The number of carbonyl (C=O) groups is 1. The summed E-state index contributed by atoms with van der Waals surface area (Å²) in [7, 11) is 0. The Morgan fingerprint density at radius 2 is 1.88 bits per heavy atom. The molecule has 4 rings (SSSR count). The molecule has 5 unspecified atom stereocenters. The standard InChI is InChI=1S/C21H33NO2/c1-21(2,3)24-20(23)22-13-5-8-18-17-10-9-14-6-4-7-15(14)16(17)11-12-19(18)22/h12,14-18H,4-11,13H2,1-3H3. The van der Waals surface area contributed by atoms with E-state index in [2.05, 4.69) is 6.08 Å². The summed E-state index contributed by atoms with van der Waals surface area (Å²) in [6.07, 6.45) is 13.1. The first-order chi connectivity index (χ1) is 11.4. The van der Waals surface area contributed by atoms with Crippen LogP contribution < -0.4 is 0 Å². The minimum atomic E-state index is -0.413. The Morgan fingerprint density at radius 1 is 1.04 bits per heavy atom. The Kier molecular flexibility index (Phi) is 4.17. The van der Waals surface area contributed by atoms with E-state index >= 15 is 0 Å². The summed E-state index contributed by atoms with van der Waals surface area (Å²) >= 11 is 0. The van der Waals surface area contributed by atoms with Crippen molar-refractivity contribution in [3.05, 3.63) is 11.8 Å². The van der Waals surface area contributed by atoms with E-state index in [4.69, 9.17) is 4.74 Å². The molecular weight excluding hydrogens is 298 g/mol. The average molecular weight is 332 g/mol. The maximum absolute atomic E-state index is 12.7. The second kappa shape index (κ2) is 6.07. The highest BCUT2D eigenvalue weighted by Gasteiger charge is 2.48. The van der Waals surface area contributed by atoms with E-state index < -0.39 is 5.60 Å². The van der Waals surface area contributed by atoms with Crippen LogP contribution in [0.2, 0.25) is 0 Å². The van der Waals surface area contributed by atoms with Gasteiger partial charge in [-0.05, 0) is 83.0 Å². The molecule has 0 aromatic rings. The highest BCUT2D eigenvalue weighted by molar-refractivity contribution is 5.71. The van der Waals surface area contributed by atoms with Gasteiger partial charge >= 0.3 is 6.09 Å². The molecule has 0 bridgehead atoms. The molecule has 3 heteroatoms. The Hall–Kier alpha value is -0.990. The lowest BCUT2D eigenvalue weighted by Gasteiger charge is -2.50. The Morgan fingerprint density at radius 3 is 2.67 bits per heavy atom. The number of allylic oxidation sites excluding steroid dienone is 2. The summed E-state index contributed by atoms with van der Waals surface area (Å²) in [5, 5.41) is 0. The van der Waals surface area contributed by atoms with Gasteiger partial charge in [0.05, 0.1) is 0 Å². The third kappa shape index (κ3) is 2.88. The molecule has 3 fully saturated rings. The molecule has 2 saturated carbocycles. The monoisotopic (exact) mass is 331 g/mol. The van der Waals surface area contributed by atoms with Gasteiger partial charge in [0.1, 0.15) is 5.60 Å². The summed E-state index contributed by atoms with van der Waals surface area (Å²) in [5.74, 6) is 4.28. The number of amides is 1. The van der Waals surface area contributed by atoms with Crippen molar-refractivity contribution in [2.24, 2.45) is 29.6 Å². The summed E-state index contributed by atoms with van der Waals surface area (Å²) in [6, 6.07) is 0. The quantitative estimate of drug-likeness (QED) is 0.597. The Bertz CT molecular complexity index is 532. The maximum atomic E-state index is 12.7. The number of fused-ring (bicyclic) bond motifs is 5. The van der Waals surface area contributed by atoms with Crippen LogP contribution in [0.3, 0.4) is 0 Å². The number of likely N-dealkylation sites (tertiary alicyclic amines) is 1. The minimum absolute atomic E-state index is 0.133. The number of nitrogens with zero attached hydrogens (tertiary/aromatic N) is 1. The van der Waals surface area contributed by atoms with Crippen molar-refractivity contribution in [1.29, 1.82) is 0 Å². The fraction of sp³-hybridized carbons (Fsp3) is 0.857. The normalized spacial score (nSPS) is 38.7. The number of piperidine rings is 1. The molecule has 1 saturated heterocycles. The lowest BCUT2D eigenvalue weighted by molar-refractivity contribution is 0.0103. The zero-order valence-corrected chi connectivity index (χ0v) is 15.6. The SMILES string of the molecule is CC(C)(C)OC(=O)N1CCCC2C1=CCC1C3CCCC3CCC21. The van der Waals surface area contributed by atoms with E-state index in [0.717, 1.165) is 36.6 Å². The summed E-state index contributed by atoms with van der Waals surface area (Å²) in [5.41, 5.74) is 0.886. The first kappa shape index (κ1) is 16.5. The van der Waals surface area contributed by atoms with Crippen LogP contribution in [0.5, 0.6) is 0 Å². The fourth-order valence-electron chi connectivity index (χ4n) is 6.19. The molecule has 0 spiro atoms. The molecule has 0 radical (unpaired) electrons. The smallest absolute Gasteiger partial charge is 0.414 e. The van der Waals surface area contributed by atoms with Crippen LogP contribution in [0, 0.1) is 29.6 Å². The number of rotatable bonds is 0. The molecule has 4 aliphatic rings. The molecule has 3 aliphatic carbocycles. The second-order valence-electron chi connectivity index (χ2n) is 9.51. The molecule has 0 aromatic heterocycles. The van der Waals surface area contributed by atoms with Gasteiger partial charge in [0.15, 0.2) is 0 Å². The Balaban J connectivity index is 1.55. The molecule has 134 valence electrons. The third-order valence-electron chi connectivity index (χ3n) is 7.01. The van der Waals surface area contributed by atoms with Crippen LogP contribution in [-0.4, -0.2) is 23.1 Å². The predicted octanol–water partition coefficient (Wildman–Crippen LogP) is 5.36. The van der Waals surface area contributed by atoms with Gasteiger partial charge in [-0.2, -0.15) is 0 Å². The molecular formula is C21H33NO2. The van der Waals surface area contributed by atoms with E-state index in [1.807, 2.05) is 25.7 Å². The van der Waals surface area contributed by atoms with Crippen LogP contribution in [0.25, 0.3) is 0 Å². The van der Waals surface area contributed by atoms with Crippen LogP contribution in [0.4, 0.5) is 4.79 Å². The molecule has 3 nitrogen and oxygen atoms in total. The third-order valence-corrected chi connectivity index (χ3v) is 7.01. The average Bonchev–Trinajstić information content (AvgIpc) is 3.01. The maximum Gasteiger partial charge on any atom is 0.414 e. The van der Waals surface area contributed by atoms with E-state index in [9.17, 15) is 4.79 Å². The predicted molar refractivity (Wildman–Crippen MR) is 95.4 cm³/mol. The fourth-order valence-corrected chi connectivity index (χ4v) is 6.19. The van der Waals surface area contributed by atoms with Gasteiger partial charge in [-0.3, -0.25) is 4.90 Å². The number of hydrogen-bond acceptors (Lipinski definition) is 2. The summed E-state index contributed by atoms with van der Waals surface area (Å²) in [6.45, 7) is 6.71. The molecule has 5 atom stereocenters. The highest BCUT2D eigenvalue weighted by atomic mass is 16.6. The molecule has 1 amide bonds. The molecule has 1 aliphatic heterocycles. The van der Waals surface area contributed by atoms with Gasteiger partial charge in [-0.1, -0.05) is 18.9 Å². The number of carbonyl (C=O) groups excluding carboxylic acids is 1. The van der Waals surface area contributed by atoms with Gasteiger partial charge in [0.25, 0.3) is 0 Å². The molecule has 1 heterocycles. The van der Waals surface area contributed by atoms with Crippen molar-refractivity contribution < 1.29 is 9.53 Å². The molecule has 0 N–H and O–H groups in total. The first-order valence-electron chi connectivity index (χ1n) is 10.1. The number of ether oxygens (including phenoxy) is 1. The lowest BCUT2D eigenvalue weighted by Crippen LogP contribution is -2.47. The second-order valence-corrected chi connectivity index (χ2v) is 9.51.